The number of hydrogen-bond acceptors (Lipinski definition) is 6. The first-order valence-corrected chi connectivity index (χ1v) is 8.48. The molecule has 0 bridgehead atoms. The highest BCUT2D eigenvalue weighted by molar-refractivity contribution is 5.69. The maximum Gasteiger partial charge on any atom is 0.308 e. The quantitative estimate of drug-likeness (QED) is 0.339. The molecule has 0 aliphatic rings. The Balaban J connectivity index is 3.15. The van der Waals surface area contributed by atoms with Crippen molar-refractivity contribution in [1.82, 2.24) is 0 Å². The molecular formula is C17H34O6. The van der Waals surface area contributed by atoms with Crippen molar-refractivity contribution in [2.24, 2.45) is 0 Å². The minimum absolute atomic E-state index is 0.243. The summed E-state index contributed by atoms with van der Waals surface area (Å²) >= 11 is 0. The van der Waals surface area contributed by atoms with E-state index in [2.05, 4.69) is 6.92 Å². The van der Waals surface area contributed by atoms with Gasteiger partial charge in [-0.2, -0.15) is 0 Å². The lowest BCUT2D eigenvalue weighted by molar-refractivity contribution is -0.156. The Kier molecular flexibility index (Phi) is 14.4. The molecule has 0 N–H and O–H groups in total. The summed E-state index contributed by atoms with van der Waals surface area (Å²) in [6.45, 7) is 12.1. The van der Waals surface area contributed by atoms with Gasteiger partial charge in [-0.25, -0.2) is 0 Å². The molecule has 0 saturated carbocycles. The first-order valence-electron chi connectivity index (χ1n) is 8.48. The molecule has 0 aromatic rings. The van der Waals surface area contributed by atoms with Gasteiger partial charge >= 0.3 is 5.97 Å². The zero-order chi connectivity index (χ0) is 17.4. The Bertz CT molecular complexity index is 275. The molecule has 0 heterocycles. The average Bonchev–Trinajstić information content (AvgIpc) is 2.46. The van der Waals surface area contributed by atoms with Crippen molar-refractivity contribution < 1.29 is 28.5 Å². The molecule has 0 aliphatic heterocycles. The molecule has 0 saturated heterocycles. The molecule has 23 heavy (non-hydrogen) atoms. The standard InChI is InChI=1S/C17H34O6/c1-5-6-8-19-10-12-21-14-15-22-13-11-20-9-7-16(18)23-17(2,3)4/h5-15H2,1-4H3. The van der Waals surface area contributed by atoms with Gasteiger partial charge in [0.05, 0.1) is 52.7 Å². The Morgan fingerprint density at radius 1 is 0.739 bits per heavy atom. The third kappa shape index (κ3) is 19.3. The molecule has 0 aromatic carbocycles. The fourth-order valence-corrected chi connectivity index (χ4v) is 1.56. The van der Waals surface area contributed by atoms with Crippen molar-refractivity contribution >= 4 is 5.97 Å². The van der Waals surface area contributed by atoms with E-state index in [1.807, 2.05) is 20.8 Å². The van der Waals surface area contributed by atoms with Crippen molar-refractivity contribution in [2.75, 3.05) is 52.9 Å². The van der Waals surface area contributed by atoms with E-state index >= 15 is 0 Å². The van der Waals surface area contributed by atoms with Crippen LogP contribution in [-0.2, 0) is 28.5 Å². The van der Waals surface area contributed by atoms with Crippen LogP contribution >= 0.6 is 0 Å². The number of carbonyl (C=O) groups excluding carboxylic acids is 1. The first kappa shape index (κ1) is 22.3. The number of ether oxygens (including phenoxy) is 5. The van der Waals surface area contributed by atoms with Gasteiger partial charge < -0.3 is 23.7 Å². The van der Waals surface area contributed by atoms with E-state index in [0.717, 1.165) is 19.4 Å². The minimum atomic E-state index is -0.443. The highest BCUT2D eigenvalue weighted by atomic mass is 16.6. The summed E-state index contributed by atoms with van der Waals surface area (Å²) in [7, 11) is 0. The number of unbranched alkanes of at least 4 members (excludes halogenated alkanes) is 1. The fourth-order valence-electron chi connectivity index (χ4n) is 1.56. The van der Waals surface area contributed by atoms with E-state index in [4.69, 9.17) is 23.7 Å². The van der Waals surface area contributed by atoms with Gasteiger partial charge in [0.2, 0.25) is 0 Å². The Labute approximate surface area is 140 Å². The smallest absolute Gasteiger partial charge is 0.308 e. The average molecular weight is 334 g/mol. The Morgan fingerprint density at radius 3 is 1.61 bits per heavy atom. The molecule has 0 amide bonds. The Hall–Kier alpha value is -0.690. The molecular weight excluding hydrogens is 300 g/mol. The van der Waals surface area contributed by atoms with Crippen molar-refractivity contribution in [1.29, 1.82) is 0 Å². The lowest BCUT2D eigenvalue weighted by Gasteiger charge is -2.19. The molecule has 138 valence electrons. The molecule has 6 heteroatoms. The fraction of sp³-hybridized carbons (Fsp3) is 0.941. The number of esters is 1. The predicted molar refractivity (Wildman–Crippen MR) is 88.6 cm³/mol. The van der Waals surface area contributed by atoms with Gasteiger partial charge in [-0.3, -0.25) is 4.79 Å². The molecule has 0 radical (unpaired) electrons. The zero-order valence-electron chi connectivity index (χ0n) is 15.2. The molecule has 6 nitrogen and oxygen atoms in total. The molecule has 0 spiro atoms. The van der Waals surface area contributed by atoms with E-state index in [0.29, 0.717) is 46.2 Å². The van der Waals surface area contributed by atoms with Crippen LogP contribution in [0.5, 0.6) is 0 Å². The van der Waals surface area contributed by atoms with Crippen LogP contribution in [0.15, 0.2) is 0 Å². The van der Waals surface area contributed by atoms with E-state index in [1.165, 1.54) is 0 Å². The van der Waals surface area contributed by atoms with Gasteiger partial charge in [0.1, 0.15) is 5.60 Å². The van der Waals surface area contributed by atoms with E-state index in [1.54, 1.807) is 0 Å². The van der Waals surface area contributed by atoms with E-state index < -0.39 is 5.60 Å². The van der Waals surface area contributed by atoms with Crippen LogP contribution in [-0.4, -0.2) is 64.4 Å². The summed E-state index contributed by atoms with van der Waals surface area (Å²) in [4.78, 5) is 11.4. The van der Waals surface area contributed by atoms with Gasteiger partial charge in [0, 0.05) is 6.61 Å². The number of rotatable bonds is 15. The second-order valence-electron chi connectivity index (χ2n) is 6.14. The van der Waals surface area contributed by atoms with Gasteiger partial charge in [0.15, 0.2) is 0 Å². The summed E-state index contributed by atoms with van der Waals surface area (Å²) in [6, 6.07) is 0. The minimum Gasteiger partial charge on any atom is -0.460 e. The third-order valence-corrected chi connectivity index (χ3v) is 2.63. The van der Waals surface area contributed by atoms with Gasteiger partial charge in [0.25, 0.3) is 0 Å². The van der Waals surface area contributed by atoms with Crippen molar-refractivity contribution in [3.05, 3.63) is 0 Å². The topological polar surface area (TPSA) is 63.2 Å². The zero-order valence-corrected chi connectivity index (χ0v) is 15.2. The van der Waals surface area contributed by atoms with E-state index in [-0.39, 0.29) is 12.4 Å². The van der Waals surface area contributed by atoms with Crippen molar-refractivity contribution in [3.8, 4) is 0 Å². The van der Waals surface area contributed by atoms with Crippen molar-refractivity contribution in [3.63, 3.8) is 0 Å². The molecule has 0 rings (SSSR count). The van der Waals surface area contributed by atoms with Gasteiger partial charge in [-0.05, 0) is 27.2 Å². The van der Waals surface area contributed by atoms with Crippen molar-refractivity contribution in [2.45, 2.75) is 52.6 Å². The monoisotopic (exact) mass is 334 g/mol. The maximum absolute atomic E-state index is 11.4. The highest BCUT2D eigenvalue weighted by Gasteiger charge is 2.15. The summed E-state index contributed by atoms with van der Waals surface area (Å²) < 4.78 is 26.6. The third-order valence-electron chi connectivity index (χ3n) is 2.63. The first-order chi connectivity index (χ1) is 11.0. The molecule has 0 aromatic heterocycles. The SMILES string of the molecule is CCCCOCCOCCOCCOCCC(=O)OC(C)(C)C. The largest absolute Gasteiger partial charge is 0.460 e. The Morgan fingerprint density at radius 2 is 1.17 bits per heavy atom. The van der Waals surface area contributed by atoms with Crippen LogP contribution in [0, 0.1) is 0 Å². The van der Waals surface area contributed by atoms with Gasteiger partial charge in [-0.15, -0.1) is 0 Å². The normalized spacial score (nSPS) is 11.7. The summed E-state index contributed by atoms with van der Waals surface area (Å²) in [5.74, 6) is -0.243. The number of carbonyl (C=O) groups is 1. The highest BCUT2D eigenvalue weighted by Crippen LogP contribution is 2.07. The molecule has 0 aliphatic carbocycles. The van der Waals surface area contributed by atoms with Crippen LogP contribution in [0.25, 0.3) is 0 Å². The molecule has 0 fully saturated rings. The number of hydrogen-bond donors (Lipinski definition) is 0. The second kappa shape index (κ2) is 14.9. The lowest BCUT2D eigenvalue weighted by Crippen LogP contribution is -2.24. The van der Waals surface area contributed by atoms with Crippen LogP contribution < -0.4 is 0 Å². The summed E-state index contributed by atoms with van der Waals surface area (Å²) in [6.07, 6.45) is 2.50. The molecule has 0 unspecified atom stereocenters. The maximum atomic E-state index is 11.4. The molecule has 0 atom stereocenters. The summed E-state index contributed by atoms with van der Waals surface area (Å²) in [5, 5.41) is 0. The summed E-state index contributed by atoms with van der Waals surface area (Å²) in [5.41, 5.74) is -0.443. The second-order valence-corrected chi connectivity index (χ2v) is 6.14. The van der Waals surface area contributed by atoms with Crippen LogP contribution in [0.3, 0.4) is 0 Å². The van der Waals surface area contributed by atoms with Crippen LogP contribution in [0.2, 0.25) is 0 Å². The van der Waals surface area contributed by atoms with Gasteiger partial charge in [-0.1, -0.05) is 13.3 Å². The van der Waals surface area contributed by atoms with E-state index in [9.17, 15) is 4.79 Å². The van der Waals surface area contributed by atoms with Crippen LogP contribution in [0.1, 0.15) is 47.0 Å². The van der Waals surface area contributed by atoms with Crippen LogP contribution in [0.4, 0.5) is 0 Å². The lowest BCUT2D eigenvalue weighted by atomic mass is 10.2. The predicted octanol–water partition coefficient (Wildman–Crippen LogP) is 2.58.